The summed E-state index contributed by atoms with van der Waals surface area (Å²) >= 11 is 0. The second-order valence-electron chi connectivity index (χ2n) is 5.79. The highest BCUT2D eigenvalue weighted by molar-refractivity contribution is 5.78. The van der Waals surface area contributed by atoms with Gasteiger partial charge in [0.1, 0.15) is 5.82 Å². The van der Waals surface area contributed by atoms with Gasteiger partial charge in [-0.1, -0.05) is 19.1 Å². The molecule has 4 rings (SSSR count). The smallest absolute Gasteiger partial charge is 0.260 e. The number of aromatic nitrogens is 5. The van der Waals surface area contributed by atoms with Gasteiger partial charge in [0.05, 0.1) is 17.4 Å². The molecule has 1 aliphatic rings. The van der Waals surface area contributed by atoms with Gasteiger partial charge in [0.25, 0.3) is 5.56 Å². The molecule has 0 saturated carbocycles. The predicted molar refractivity (Wildman–Crippen MR) is 87.5 cm³/mol. The molecule has 1 aliphatic heterocycles. The highest BCUT2D eigenvalue weighted by Crippen LogP contribution is 2.16. The number of benzene rings is 1. The van der Waals surface area contributed by atoms with Crippen LogP contribution in [-0.4, -0.2) is 30.8 Å². The molecule has 118 valence electrons. The first-order valence-electron chi connectivity index (χ1n) is 7.91. The van der Waals surface area contributed by atoms with Gasteiger partial charge in [-0.2, -0.15) is 5.10 Å². The molecule has 0 radical (unpaired) electrons. The topological polar surface area (TPSA) is 88.5 Å². The van der Waals surface area contributed by atoms with Crippen LogP contribution in [0.1, 0.15) is 25.0 Å². The van der Waals surface area contributed by atoms with Crippen LogP contribution < -0.4 is 10.9 Å². The number of fused-ring (bicyclic) bond motifs is 2. The summed E-state index contributed by atoms with van der Waals surface area (Å²) in [6.45, 7) is 2.79. The fourth-order valence-electron chi connectivity index (χ4n) is 2.98. The molecular weight excluding hydrogens is 292 g/mol. The van der Waals surface area contributed by atoms with Gasteiger partial charge < -0.3 is 5.32 Å². The predicted octanol–water partition coefficient (Wildman–Crippen LogP) is 1.50. The lowest BCUT2D eigenvalue weighted by Crippen LogP contribution is -2.33. The van der Waals surface area contributed by atoms with Crippen molar-refractivity contribution < 1.29 is 0 Å². The molecule has 0 fully saturated rings. The Balaban J connectivity index is 1.58. The molecule has 0 saturated heterocycles. The Morgan fingerprint density at radius 1 is 1.35 bits per heavy atom. The molecule has 0 spiro atoms. The third-order valence-corrected chi connectivity index (χ3v) is 4.17. The quantitative estimate of drug-likeness (QED) is 0.765. The average molecular weight is 310 g/mol. The summed E-state index contributed by atoms with van der Waals surface area (Å²) in [6, 6.07) is 7.52. The molecule has 23 heavy (non-hydrogen) atoms. The Hall–Kier alpha value is -2.70. The Labute approximate surface area is 132 Å². The van der Waals surface area contributed by atoms with Crippen molar-refractivity contribution in [2.24, 2.45) is 0 Å². The lowest BCUT2D eigenvalue weighted by atomic mass is 10.1. The number of nitrogens with one attached hydrogen (secondary N) is 2. The van der Waals surface area contributed by atoms with E-state index in [0.717, 1.165) is 37.5 Å². The normalized spacial score (nSPS) is 17.2. The van der Waals surface area contributed by atoms with Gasteiger partial charge in [-0.3, -0.25) is 9.78 Å². The number of aryl methyl sites for hydroxylation is 2. The number of H-pyrrole nitrogens is 1. The van der Waals surface area contributed by atoms with Crippen molar-refractivity contribution in [3.63, 3.8) is 0 Å². The monoisotopic (exact) mass is 310 g/mol. The van der Waals surface area contributed by atoms with Crippen molar-refractivity contribution in [3.05, 3.63) is 46.3 Å². The van der Waals surface area contributed by atoms with Crippen molar-refractivity contribution >= 4 is 16.9 Å². The molecule has 1 atom stereocenters. The lowest BCUT2D eigenvalue weighted by molar-refractivity contribution is 0.439. The van der Waals surface area contributed by atoms with E-state index in [4.69, 9.17) is 0 Å². The molecule has 1 aromatic carbocycles. The minimum Gasteiger partial charge on any atom is -0.351 e. The summed E-state index contributed by atoms with van der Waals surface area (Å²) < 4.78 is 1.96. The van der Waals surface area contributed by atoms with E-state index >= 15 is 0 Å². The first kappa shape index (κ1) is 13.9. The molecule has 0 aliphatic carbocycles. The highest BCUT2D eigenvalue weighted by Gasteiger charge is 2.21. The third-order valence-electron chi connectivity index (χ3n) is 4.17. The number of rotatable bonds is 3. The van der Waals surface area contributed by atoms with Crippen LogP contribution in [0.15, 0.2) is 29.1 Å². The van der Waals surface area contributed by atoms with Gasteiger partial charge in [-0.05, 0) is 18.6 Å². The van der Waals surface area contributed by atoms with Gasteiger partial charge in [-0.15, -0.1) is 0 Å². The number of anilines is 1. The standard InChI is InChI=1S/C16H18N6O/c1-2-13-19-14-8-7-10(9-22(14)21-13)17-16-18-12-6-4-3-5-11(12)15(23)20-16/h3-6,10H,2,7-9H2,1H3,(H2,17,18,20,23)/t10-/m0/s1. The summed E-state index contributed by atoms with van der Waals surface area (Å²) in [4.78, 5) is 23.9. The van der Waals surface area contributed by atoms with Gasteiger partial charge in [0.15, 0.2) is 5.82 Å². The number of hydrogen-bond acceptors (Lipinski definition) is 5. The van der Waals surface area contributed by atoms with Crippen molar-refractivity contribution in [1.29, 1.82) is 0 Å². The van der Waals surface area contributed by atoms with Crippen LogP contribution in [0.25, 0.3) is 10.9 Å². The summed E-state index contributed by atoms with van der Waals surface area (Å²) in [5, 5.41) is 8.43. The van der Waals surface area contributed by atoms with Crippen LogP contribution in [0, 0.1) is 0 Å². The molecule has 7 nitrogen and oxygen atoms in total. The molecule has 0 unspecified atom stereocenters. The Kier molecular flexibility index (Phi) is 3.33. The van der Waals surface area contributed by atoms with Crippen LogP contribution in [0.4, 0.5) is 5.95 Å². The third kappa shape index (κ3) is 2.58. The van der Waals surface area contributed by atoms with E-state index in [2.05, 4.69) is 32.3 Å². The molecular formula is C16H18N6O. The van der Waals surface area contributed by atoms with E-state index in [1.165, 1.54) is 0 Å². The van der Waals surface area contributed by atoms with E-state index in [1.807, 2.05) is 22.9 Å². The van der Waals surface area contributed by atoms with Crippen LogP contribution in [0.5, 0.6) is 0 Å². The van der Waals surface area contributed by atoms with E-state index in [1.54, 1.807) is 6.07 Å². The minimum atomic E-state index is -0.122. The number of para-hydroxylation sites is 1. The zero-order valence-corrected chi connectivity index (χ0v) is 12.9. The van der Waals surface area contributed by atoms with Crippen LogP contribution in [-0.2, 0) is 19.4 Å². The number of nitrogens with zero attached hydrogens (tertiary/aromatic N) is 4. The Bertz CT molecular complexity index is 912. The maximum Gasteiger partial charge on any atom is 0.260 e. The largest absolute Gasteiger partial charge is 0.351 e. The van der Waals surface area contributed by atoms with Crippen molar-refractivity contribution in [2.45, 2.75) is 38.8 Å². The highest BCUT2D eigenvalue weighted by atomic mass is 16.1. The van der Waals surface area contributed by atoms with Gasteiger partial charge in [-0.25, -0.2) is 14.6 Å². The molecule has 2 N–H and O–H groups in total. The second-order valence-corrected chi connectivity index (χ2v) is 5.79. The maximum absolute atomic E-state index is 12.1. The summed E-state index contributed by atoms with van der Waals surface area (Å²) in [5.74, 6) is 2.44. The SMILES string of the molecule is CCc1nc2n(n1)C[C@@H](Nc1nc3ccccc3c(=O)[nH]1)CC2. The molecule has 0 amide bonds. The molecule has 3 heterocycles. The fourth-order valence-corrected chi connectivity index (χ4v) is 2.98. The fraction of sp³-hybridized carbons (Fsp3) is 0.375. The second kappa shape index (κ2) is 5.49. The molecule has 0 bridgehead atoms. The summed E-state index contributed by atoms with van der Waals surface area (Å²) in [5.41, 5.74) is 0.577. The molecule has 7 heteroatoms. The average Bonchev–Trinajstić information content (AvgIpc) is 2.97. The van der Waals surface area contributed by atoms with Crippen molar-refractivity contribution in [2.75, 3.05) is 5.32 Å². The number of hydrogen-bond donors (Lipinski definition) is 2. The van der Waals surface area contributed by atoms with Gasteiger partial charge in [0, 0.05) is 18.9 Å². The Morgan fingerprint density at radius 2 is 2.22 bits per heavy atom. The number of aromatic amines is 1. The zero-order valence-electron chi connectivity index (χ0n) is 12.9. The van der Waals surface area contributed by atoms with Gasteiger partial charge >= 0.3 is 0 Å². The first-order valence-corrected chi connectivity index (χ1v) is 7.91. The maximum atomic E-state index is 12.1. The van der Waals surface area contributed by atoms with Gasteiger partial charge in [0.2, 0.25) is 5.95 Å². The van der Waals surface area contributed by atoms with Crippen molar-refractivity contribution in [1.82, 2.24) is 24.7 Å². The summed E-state index contributed by atoms with van der Waals surface area (Å²) in [6.07, 6.45) is 2.67. The van der Waals surface area contributed by atoms with E-state index in [0.29, 0.717) is 16.9 Å². The van der Waals surface area contributed by atoms with E-state index < -0.39 is 0 Å². The van der Waals surface area contributed by atoms with Crippen LogP contribution >= 0.6 is 0 Å². The van der Waals surface area contributed by atoms with Crippen molar-refractivity contribution in [3.8, 4) is 0 Å². The molecule has 2 aromatic heterocycles. The molecule has 3 aromatic rings. The van der Waals surface area contributed by atoms with Crippen LogP contribution in [0.3, 0.4) is 0 Å². The zero-order chi connectivity index (χ0) is 15.8. The van der Waals surface area contributed by atoms with E-state index in [-0.39, 0.29) is 11.6 Å². The van der Waals surface area contributed by atoms with Crippen LogP contribution in [0.2, 0.25) is 0 Å². The summed E-state index contributed by atoms with van der Waals surface area (Å²) in [7, 11) is 0. The Morgan fingerprint density at radius 3 is 3.09 bits per heavy atom. The first-order chi connectivity index (χ1) is 11.2. The van der Waals surface area contributed by atoms with E-state index in [9.17, 15) is 4.79 Å². The lowest BCUT2D eigenvalue weighted by Gasteiger charge is -2.23. The minimum absolute atomic E-state index is 0.122.